The Balaban J connectivity index is 1.48. The van der Waals surface area contributed by atoms with E-state index in [-0.39, 0.29) is 11.6 Å². The fourth-order valence-corrected chi connectivity index (χ4v) is 3.86. The molecule has 8 heteroatoms. The molecule has 6 nitrogen and oxygen atoms in total. The van der Waals surface area contributed by atoms with Gasteiger partial charge in [-0.1, -0.05) is 0 Å². The Morgan fingerprint density at radius 3 is 1.63 bits per heavy atom. The van der Waals surface area contributed by atoms with Gasteiger partial charge in [-0.3, -0.25) is 0 Å². The summed E-state index contributed by atoms with van der Waals surface area (Å²) >= 11 is 0. The van der Waals surface area contributed by atoms with Crippen LogP contribution in [0.15, 0.2) is 48.8 Å². The quantitative estimate of drug-likeness (QED) is 0.644. The van der Waals surface area contributed by atoms with Gasteiger partial charge in [0.15, 0.2) is 11.6 Å². The number of nitrogens with zero attached hydrogens (tertiary/aromatic N) is 4. The molecule has 1 aromatic heterocycles. The van der Waals surface area contributed by atoms with E-state index in [1.165, 1.54) is 24.3 Å². The number of benzene rings is 2. The standard InChI is InChI=1S/C22H20F2N4O2/c23-17-1-3-19-15(11-17)13-27(7-9-29-19)21-22(26-6-5-25-21)28-8-10-30-20-4-2-18(24)12-16(20)14-28/h1-6,11-12H,7-10,13-14H2. The van der Waals surface area contributed by atoms with Crippen molar-refractivity contribution in [3.63, 3.8) is 0 Å². The molecular formula is C22H20F2N4O2. The number of ether oxygens (including phenoxy) is 2. The summed E-state index contributed by atoms with van der Waals surface area (Å²) in [6, 6.07) is 9.09. The SMILES string of the molecule is Fc1ccc2c(c1)CN(c1nccnc1N1CCOc3ccc(F)cc3C1)CCO2. The van der Waals surface area contributed by atoms with Gasteiger partial charge in [-0.05, 0) is 36.4 Å². The van der Waals surface area contributed by atoms with E-state index in [1.54, 1.807) is 24.5 Å². The molecule has 0 unspecified atom stereocenters. The minimum atomic E-state index is -0.304. The molecule has 0 spiro atoms. The van der Waals surface area contributed by atoms with Crippen LogP contribution in [0.4, 0.5) is 20.4 Å². The lowest BCUT2D eigenvalue weighted by atomic mass is 10.1. The number of fused-ring (bicyclic) bond motifs is 2. The van der Waals surface area contributed by atoms with Crippen LogP contribution in [-0.2, 0) is 13.1 Å². The summed E-state index contributed by atoms with van der Waals surface area (Å²) in [4.78, 5) is 13.2. The zero-order valence-corrected chi connectivity index (χ0v) is 16.2. The second-order valence-electron chi connectivity index (χ2n) is 7.25. The van der Waals surface area contributed by atoms with Crippen molar-refractivity contribution in [1.82, 2.24) is 9.97 Å². The number of anilines is 2. The third-order valence-corrected chi connectivity index (χ3v) is 5.26. The molecule has 0 fully saturated rings. The predicted molar refractivity (Wildman–Crippen MR) is 108 cm³/mol. The summed E-state index contributed by atoms with van der Waals surface area (Å²) in [6.45, 7) is 2.97. The molecule has 0 bridgehead atoms. The van der Waals surface area contributed by atoms with E-state index >= 15 is 0 Å². The lowest BCUT2D eigenvalue weighted by Gasteiger charge is -2.28. The van der Waals surface area contributed by atoms with Crippen molar-refractivity contribution in [2.75, 3.05) is 36.1 Å². The first-order chi connectivity index (χ1) is 14.7. The lowest BCUT2D eigenvalue weighted by molar-refractivity contribution is 0.330. The Labute approximate surface area is 172 Å². The zero-order valence-electron chi connectivity index (χ0n) is 16.2. The van der Waals surface area contributed by atoms with Crippen molar-refractivity contribution in [2.24, 2.45) is 0 Å². The van der Waals surface area contributed by atoms with Gasteiger partial charge in [-0.25, -0.2) is 18.7 Å². The molecule has 3 aromatic rings. The Kier molecular flexibility index (Phi) is 4.82. The molecule has 0 radical (unpaired) electrons. The summed E-state index contributed by atoms with van der Waals surface area (Å²) in [7, 11) is 0. The van der Waals surface area contributed by atoms with E-state index in [4.69, 9.17) is 9.47 Å². The molecule has 3 heterocycles. The molecule has 0 saturated carbocycles. The van der Waals surface area contributed by atoms with Crippen LogP contribution >= 0.6 is 0 Å². The molecule has 0 atom stereocenters. The van der Waals surface area contributed by atoms with Crippen LogP contribution in [0.25, 0.3) is 0 Å². The van der Waals surface area contributed by atoms with E-state index in [2.05, 4.69) is 9.97 Å². The normalized spacial score (nSPS) is 15.9. The topological polar surface area (TPSA) is 50.7 Å². The molecular weight excluding hydrogens is 390 g/mol. The summed E-state index contributed by atoms with van der Waals surface area (Å²) in [5.41, 5.74) is 1.52. The van der Waals surface area contributed by atoms with Crippen LogP contribution in [0.5, 0.6) is 11.5 Å². The predicted octanol–water partition coefficient (Wildman–Crippen LogP) is 3.55. The average Bonchev–Trinajstić information content (AvgIpc) is 3.09. The zero-order chi connectivity index (χ0) is 20.5. The minimum absolute atomic E-state index is 0.304. The molecule has 5 rings (SSSR count). The maximum absolute atomic E-state index is 13.8. The molecule has 0 N–H and O–H groups in total. The summed E-state index contributed by atoms with van der Waals surface area (Å²) in [5.74, 6) is 2.11. The van der Waals surface area contributed by atoms with Crippen LogP contribution in [-0.4, -0.2) is 36.3 Å². The molecule has 0 amide bonds. The van der Waals surface area contributed by atoms with E-state index < -0.39 is 0 Å². The van der Waals surface area contributed by atoms with Gasteiger partial charge in [0.2, 0.25) is 0 Å². The van der Waals surface area contributed by atoms with Crippen LogP contribution in [0, 0.1) is 11.6 Å². The number of hydrogen-bond donors (Lipinski definition) is 0. The van der Waals surface area contributed by atoms with Crippen LogP contribution in [0.3, 0.4) is 0 Å². The second kappa shape index (κ2) is 7.78. The van der Waals surface area contributed by atoms with Crippen molar-refractivity contribution in [3.8, 4) is 11.5 Å². The molecule has 154 valence electrons. The smallest absolute Gasteiger partial charge is 0.172 e. The first-order valence-corrected chi connectivity index (χ1v) is 9.81. The van der Waals surface area contributed by atoms with E-state index in [1.807, 2.05) is 9.80 Å². The monoisotopic (exact) mass is 410 g/mol. The molecule has 2 aliphatic heterocycles. The summed E-state index contributed by atoms with van der Waals surface area (Å²) in [5, 5.41) is 0. The largest absolute Gasteiger partial charge is 0.491 e. The molecule has 0 saturated heterocycles. The van der Waals surface area contributed by atoms with E-state index in [0.29, 0.717) is 62.5 Å². The van der Waals surface area contributed by atoms with Crippen molar-refractivity contribution in [1.29, 1.82) is 0 Å². The van der Waals surface area contributed by atoms with E-state index in [9.17, 15) is 8.78 Å². The van der Waals surface area contributed by atoms with Crippen molar-refractivity contribution in [2.45, 2.75) is 13.1 Å². The summed E-state index contributed by atoms with van der Waals surface area (Å²) in [6.07, 6.45) is 3.28. The molecule has 2 aliphatic rings. The highest BCUT2D eigenvalue weighted by atomic mass is 19.1. The maximum atomic E-state index is 13.8. The van der Waals surface area contributed by atoms with Gasteiger partial charge in [-0.15, -0.1) is 0 Å². The molecule has 0 aliphatic carbocycles. The third-order valence-electron chi connectivity index (χ3n) is 5.26. The fourth-order valence-electron chi connectivity index (χ4n) is 3.86. The van der Waals surface area contributed by atoms with Gasteiger partial charge < -0.3 is 19.3 Å². The number of halogens is 2. The average molecular weight is 410 g/mol. The van der Waals surface area contributed by atoms with Gasteiger partial charge in [0, 0.05) is 36.6 Å². The number of rotatable bonds is 2. The minimum Gasteiger partial charge on any atom is -0.491 e. The van der Waals surface area contributed by atoms with Gasteiger partial charge in [0.25, 0.3) is 0 Å². The van der Waals surface area contributed by atoms with Gasteiger partial charge >= 0.3 is 0 Å². The Morgan fingerprint density at radius 1 is 0.700 bits per heavy atom. The van der Waals surface area contributed by atoms with Crippen molar-refractivity contribution < 1.29 is 18.3 Å². The van der Waals surface area contributed by atoms with Gasteiger partial charge in [0.05, 0.1) is 13.1 Å². The highest BCUT2D eigenvalue weighted by Crippen LogP contribution is 2.33. The van der Waals surface area contributed by atoms with Crippen molar-refractivity contribution >= 4 is 11.6 Å². The number of aromatic nitrogens is 2. The van der Waals surface area contributed by atoms with Crippen molar-refractivity contribution in [3.05, 3.63) is 71.6 Å². The Bertz CT molecular complexity index is 994. The fraction of sp³-hybridized carbons (Fsp3) is 0.273. The third kappa shape index (κ3) is 3.60. The summed E-state index contributed by atoms with van der Waals surface area (Å²) < 4.78 is 39.2. The highest BCUT2D eigenvalue weighted by molar-refractivity contribution is 5.63. The second-order valence-corrected chi connectivity index (χ2v) is 7.25. The Morgan fingerprint density at radius 2 is 1.17 bits per heavy atom. The number of hydrogen-bond acceptors (Lipinski definition) is 6. The van der Waals surface area contributed by atoms with E-state index in [0.717, 1.165) is 11.1 Å². The van der Waals surface area contributed by atoms with Crippen LogP contribution in [0.2, 0.25) is 0 Å². The van der Waals surface area contributed by atoms with Crippen LogP contribution in [0.1, 0.15) is 11.1 Å². The van der Waals surface area contributed by atoms with Crippen LogP contribution < -0.4 is 19.3 Å². The molecule has 30 heavy (non-hydrogen) atoms. The molecule has 2 aromatic carbocycles. The highest BCUT2D eigenvalue weighted by Gasteiger charge is 2.25. The lowest BCUT2D eigenvalue weighted by Crippen LogP contribution is -2.32. The van der Waals surface area contributed by atoms with Gasteiger partial charge in [-0.2, -0.15) is 0 Å². The van der Waals surface area contributed by atoms with Gasteiger partial charge in [0.1, 0.15) is 36.3 Å². The maximum Gasteiger partial charge on any atom is 0.172 e. The first kappa shape index (κ1) is 18.6. The first-order valence-electron chi connectivity index (χ1n) is 9.81. The Hall–Kier alpha value is -3.42.